The fourth-order valence-corrected chi connectivity index (χ4v) is 0.880. The van der Waals surface area contributed by atoms with Crippen LogP contribution in [0, 0.1) is 11.3 Å². The van der Waals surface area contributed by atoms with E-state index in [4.69, 9.17) is 5.26 Å². The smallest absolute Gasteiger partial charge is 0.221 e. The van der Waals surface area contributed by atoms with Gasteiger partial charge in [0.2, 0.25) is 5.91 Å². The lowest BCUT2D eigenvalue weighted by atomic mass is 10.0. The zero-order valence-corrected chi connectivity index (χ0v) is 5.27. The third-order valence-electron chi connectivity index (χ3n) is 1.51. The standard InChI is InChI=1S/C6H8N2O/c1-6(4-7)3-2-5(9)8-6/h2-3H2,1H3,(H,8,9). The Labute approximate surface area is 53.7 Å². The lowest BCUT2D eigenvalue weighted by molar-refractivity contribution is -0.119. The van der Waals surface area contributed by atoms with Crippen LogP contribution in [-0.4, -0.2) is 11.4 Å². The Hall–Kier alpha value is -1.04. The molecule has 1 atom stereocenters. The number of nitrogens with one attached hydrogen (secondary N) is 1. The predicted molar refractivity (Wildman–Crippen MR) is 31.4 cm³/mol. The summed E-state index contributed by atoms with van der Waals surface area (Å²) in [5.41, 5.74) is -0.586. The highest BCUT2D eigenvalue weighted by atomic mass is 16.2. The molecule has 48 valence electrons. The molecule has 1 rings (SSSR count). The number of hydrogen-bond donors (Lipinski definition) is 1. The molecule has 3 heteroatoms. The summed E-state index contributed by atoms with van der Waals surface area (Å²) in [4.78, 5) is 10.6. The highest BCUT2D eigenvalue weighted by Crippen LogP contribution is 2.17. The van der Waals surface area contributed by atoms with Crippen molar-refractivity contribution in [3.63, 3.8) is 0 Å². The van der Waals surface area contributed by atoms with E-state index in [-0.39, 0.29) is 5.91 Å². The molecule has 0 aromatic rings. The van der Waals surface area contributed by atoms with Gasteiger partial charge in [0, 0.05) is 6.42 Å². The van der Waals surface area contributed by atoms with Crippen LogP contribution in [0.15, 0.2) is 0 Å². The first-order chi connectivity index (χ1) is 4.16. The molecule has 0 radical (unpaired) electrons. The van der Waals surface area contributed by atoms with Crippen molar-refractivity contribution in [3.05, 3.63) is 0 Å². The topological polar surface area (TPSA) is 52.9 Å². The minimum atomic E-state index is -0.586. The van der Waals surface area contributed by atoms with Crippen LogP contribution in [-0.2, 0) is 4.79 Å². The SMILES string of the molecule is CC1(C#N)CCC(=O)N1. The molecular formula is C6H8N2O. The number of carbonyl (C=O) groups is 1. The van der Waals surface area contributed by atoms with Crippen LogP contribution in [0.25, 0.3) is 0 Å². The van der Waals surface area contributed by atoms with Crippen LogP contribution in [0.2, 0.25) is 0 Å². The van der Waals surface area contributed by atoms with Crippen LogP contribution in [0.5, 0.6) is 0 Å². The third kappa shape index (κ3) is 1.02. The Morgan fingerprint density at radius 2 is 2.56 bits per heavy atom. The molecule has 0 bridgehead atoms. The maximum atomic E-state index is 10.6. The average Bonchev–Trinajstić information content (AvgIpc) is 2.13. The first-order valence-electron chi connectivity index (χ1n) is 2.88. The fourth-order valence-electron chi connectivity index (χ4n) is 0.880. The van der Waals surface area contributed by atoms with Gasteiger partial charge < -0.3 is 5.32 Å². The normalized spacial score (nSPS) is 33.6. The van der Waals surface area contributed by atoms with E-state index in [9.17, 15) is 4.79 Å². The van der Waals surface area contributed by atoms with Gasteiger partial charge in [-0.1, -0.05) is 0 Å². The quantitative estimate of drug-likeness (QED) is 0.500. The van der Waals surface area contributed by atoms with Crippen molar-refractivity contribution >= 4 is 5.91 Å². The van der Waals surface area contributed by atoms with Gasteiger partial charge in [-0.2, -0.15) is 5.26 Å². The Morgan fingerprint density at radius 1 is 1.89 bits per heavy atom. The van der Waals surface area contributed by atoms with Gasteiger partial charge in [-0.15, -0.1) is 0 Å². The van der Waals surface area contributed by atoms with E-state index in [1.165, 1.54) is 0 Å². The molecule has 1 N–H and O–H groups in total. The second-order valence-electron chi connectivity index (χ2n) is 2.49. The molecule has 0 saturated carbocycles. The summed E-state index contributed by atoms with van der Waals surface area (Å²) in [6, 6.07) is 2.04. The Kier molecular flexibility index (Phi) is 1.17. The van der Waals surface area contributed by atoms with Crippen LogP contribution in [0.3, 0.4) is 0 Å². The monoisotopic (exact) mass is 124 g/mol. The molecule has 0 aliphatic carbocycles. The molecule has 0 aromatic heterocycles. The first-order valence-corrected chi connectivity index (χ1v) is 2.88. The molecule has 1 aliphatic rings. The minimum Gasteiger partial charge on any atom is -0.338 e. The van der Waals surface area contributed by atoms with Crippen molar-refractivity contribution in [1.29, 1.82) is 5.26 Å². The van der Waals surface area contributed by atoms with Gasteiger partial charge >= 0.3 is 0 Å². The zero-order chi connectivity index (χ0) is 6.91. The van der Waals surface area contributed by atoms with E-state index in [1.807, 2.05) is 6.07 Å². The number of hydrogen-bond acceptors (Lipinski definition) is 2. The van der Waals surface area contributed by atoms with Crippen LogP contribution in [0.1, 0.15) is 19.8 Å². The van der Waals surface area contributed by atoms with Crippen molar-refractivity contribution in [2.24, 2.45) is 0 Å². The first kappa shape index (κ1) is 6.09. The van der Waals surface area contributed by atoms with Gasteiger partial charge in [0.1, 0.15) is 5.54 Å². The number of amides is 1. The van der Waals surface area contributed by atoms with Gasteiger partial charge in [-0.3, -0.25) is 4.79 Å². The van der Waals surface area contributed by atoms with E-state index in [2.05, 4.69) is 5.32 Å². The molecule has 0 spiro atoms. The largest absolute Gasteiger partial charge is 0.338 e. The molecule has 1 heterocycles. The number of rotatable bonds is 0. The summed E-state index contributed by atoms with van der Waals surface area (Å²) < 4.78 is 0. The number of nitrogens with zero attached hydrogens (tertiary/aromatic N) is 1. The van der Waals surface area contributed by atoms with Crippen LogP contribution in [0.4, 0.5) is 0 Å². The molecule has 1 fully saturated rings. The van der Waals surface area contributed by atoms with Crippen LogP contribution < -0.4 is 5.32 Å². The maximum Gasteiger partial charge on any atom is 0.221 e. The van der Waals surface area contributed by atoms with E-state index >= 15 is 0 Å². The van der Waals surface area contributed by atoms with Crippen molar-refractivity contribution in [2.75, 3.05) is 0 Å². The molecular weight excluding hydrogens is 116 g/mol. The van der Waals surface area contributed by atoms with Gasteiger partial charge in [0.15, 0.2) is 0 Å². The second kappa shape index (κ2) is 1.73. The van der Waals surface area contributed by atoms with Crippen LogP contribution >= 0.6 is 0 Å². The highest BCUT2D eigenvalue weighted by molar-refractivity contribution is 5.80. The van der Waals surface area contributed by atoms with Gasteiger partial charge in [0.05, 0.1) is 6.07 Å². The molecule has 1 aliphatic heterocycles. The molecule has 1 amide bonds. The minimum absolute atomic E-state index is 0.0148. The highest BCUT2D eigenvalue weighted by Gasteiger charge is 2.32. The third-order valence-corrected chi connectivity index (χ3v) is 1.51. The van der Waals surface area contributed by atoms with Gasteiger partial charge in [0.25, 0.3) is 0 Å². The van der Waals surface area contributed by atoms with E-state index in [1.54, 1.807) is 6.92 Å². The zero-order valence-electron chi connectivity index (χ0n) is 5.27. The van der Waals surface area contributed by atoms with Crippen molar-refractivity contribution in [2.45, 2.75) is 25.3 Å². The summed E-state index contributed by atoms with van der Waals surface area (Å²) in [5.74, 6) is -0.0148. The van der Waals surface area contributed by atoms with E-state index in [0.717, 1.165) is 0 Å². The lowest BCUT2D eigenvalue weighted by Gasteiger charge is -2.11. The van der Waals surface area contributed by atoms with Gasteiger partial charge in [-0.25, -0.2) is 0 Å². The number of nitriles is 1. The molecule has 9 heavy (non-hydrogen) atoms. The summed E-state index contributed by atoms with van der Waals surface area (Å²) in [7, 11) is 0. The number of carbonyl (C=O) groups excluding carboxylic acids is 1. The van der Waals surface area contributed by atoms with Crippen molar-refractivity contribution in [1.82, 2.24) is 5.32 Å². The molecule has 3 nitrogen and oxygen atoms in total. The second-order valence-corrected chi connectivity index (χ2v) is 2.49. The molecule has 1 saturated heterocycles. The summed E-state index contributed by atoms with van der Waals surface area (Å²) >= 11 is 0. The molecule has 0 aromatic carbocycles. The van der Waals surface area contributed by atoms with E-state index < -0.39 is 5.54 Å². The van der Waals surface area contributed by atoms with Gasteiger partial charge in [-0.05, 0) is 13.3 Å². The summed E-state index contributed by atoms with van der Waals surface area (Å²) in [6.45, 7) is 1.73. The van der Waals surface area contributed by atoms with Crippen molar-refractivity contribution in [3.8, 4) is 6.07 Å². The Morgan fingerprint density at radius 3 is 2.78 bits per heavy atom. The Balaban J connectivity index is 2.68. The maximum absolute atomic E-state index is 10.6. The van der Waals surface area contributed by atoms with E-state index in [0.29, 0.717) is 12.8 Å². The fraction of sp³-hybridized carbons (Fsp3) is 0.667. The Bertz CT molecular complexity index is 182. The lowest BCUT2D eigenvalue weighted by Crippen LogP contribution is -2.36. The predicted octanol–water partition coefficient (Wildman–Crippen LogP) is 0.179. The average molecular weight is 124 g/mol. The molecule has 1 unspecified atom stereocenters. The summed E-state index contributed by atoms with van der Waals surface area (Å²) in [5, 5.41) is 11.1. The summed E-state index contributed by atoms with van der Waals surface area (Å²) in [6.07, 6.45) is 1.13. The van der Waals surface area contributed by atoms with Crippen molar-refractivity contribution < 1.29 is 4.79 Å².